The van der Waals surface area contributed by atoms with Crippen molar-refractivity contribution in [2.75, 3.05) is 0 Å². The van der Waals surface area contributed by atoms with Gasteiger partial charge < -0.3 is 5.73 Å². The molecule has 1 atom stereocenters. The van der Waals surface area contributed by atoms with Crippen LogP contribution in [0.4, 0.5) is 4.39 Å². The Hall–Kier alpha value is -1.33. The van der Waals surface area contributed by atoms with Crippen LogP contribution in [-0.4, -0.2) is 9.59 Å². The number of nitrogens with zero attached hydrogens (tertiary/aromatic N) is 2. The van der Waals surface area contributed by atoms with Gasteiger partial charge in [0.05, 0.1) is 16.6 Å². The zero-order valence-corrected chi connectivity index (χ0v) is 10.6. The van der Waals surface area contributed by atoms with Crippen LogP contribution < -0.4 is 5.73 Å². The molecule has 90 valence electrons. The van der Waals surface area contributed by atoms with Crippen molar-refractivity contribution in [3.8, 4) is 0 Å². The maximum absolute atomic E-state index is 13.2. The molecule has 0 saturated heterocycles. The number of benzene rings is 1. The van der Waals surface area contributed by atoms with Crippen LogP contribution in [0, 0.1) is 12.7 Å². The Labute approximate surface area is 104 Å². The second-order valence-corrected chi connectivity index (χ2v) is 4.70. The van der Waals surface area contributed by atoms with Crippen molar-refractivity contribution in [1.29, 1.82) is 0 Å². The third kappa shape index (κ3) is 2.35. The van der Waals surface area contributed by atoms with E-state index in [1.807, 2.05) is 13.8 Å². The Bertz CT molecular complexity index is 524. The molecule has 0 saturated carbocycles. The van der Waals surface area contributed by atoms with Crippen LogP contribution >= 0.6 is 11.5 Å². The molecule has 1 aromatic heterocycles. The Morgan fingerprint density at radius 1 is 1.47 bits per heavy atom. The molecule has 0 aliphatic carbocycles. The van der Waals surface area contributed by atoms with E-state index in [4.69, 9.17) is 5.73 Å². The molecule has 0 spiro atoms. The van der Waals surface area contributed by atoms with E-state index in [1.165, 1.54) is 23.7 Å². The normalized spacial score (nSPS) is 12.7. The van der Waals surface area contributed by atoms with Gasteiger partial charge in [0.25, 0.3) is 0 Å². The van der Waals surface area contributed by atoms with Crippen LogP contribution in [-0.2, 0) is 6.42 Å². The second-order valence-electron chi connectivity index (χ2n) is 3.92. The van der Waals surface area contributed by atoms with Crippen LogP contribution in [0.25, 0.3) is 0 Å². The van der Waals surface area contributed by atoms with E-state index in [-0.39, 0.29) is 11.9 Å². The fourth-order valence-corrected chi connectivity index (χ4v) is 2.54. The van der Waals surface area contributed by atoms with Gasteiger partial charge in [0.2, 0.25) is 0 Å². The molecular weight excluding hydrogens is 237 g/mol. The number of hydrogen-bond donors (Lipinski definition) is 1. The first kappa shape index (κ1) is 12.1. The van der Waals surface area contributed by atoms with Gasteiger partial charge in [-0.1, -0.05) is 17.5 Å². The third-order valence-electron chi connectivity index (χ3n) is 2.78. The van der Waals surface area contributed by atoms with Gasteiger partial charge >= 0.3 is 0 Å². The number of aromatic nitrogens is 2. The van der Waals surface area contributed by atoms with E-state index in [0.29, 0.717) is 0 Å². The summed E-state index contributed by atoms with van der Waals surface area (Å²) in [7, 11) is 0. The van der Waals surface area contributed by atoms with Crippen LogP contribution in [0.2, 0.25) is 0 Å². The number of hydrogen-bond acceptors (Lipinski definition) is 4. The molecular formula is C12H14FN3S. The lowest BCUT2D eigenvalue weighted by Gasteiger charge is -2.13. The van der Waals surface area contributed by atoms with Gasteiger partial charge in [0.15, 0.2) is 0 Å². The van der Waals surface area contributed by atoms with Gasteiger partial charge in [-0.2, -0.15) is 0 Å². The summed E-state index contributed by atoms with van der Waals surface area (Å²) in [5.74, 6) is -0.267. The molecule has 0 aliphatic rings. The molecule has 17 heavy (non-hydrogen) atoms. The number of rotatable bonds is 3. The van der Waals surface area contributed by atoms with E-state index in [1.54, 1.807) is 6.07 Å². The van der Waals surface area contributed by atoms with Crippen molar-refractivity contribution < 1.29 is 4.39 Å². The number of halogens is 1. The first-order chi connectivity index (χ1) is 8.13. The molecule has 0 fully saturated rings. The van der Waals surface area contributed by atoms with Crippen molar-refractivity contribution in [3.63, 3.8) is 0 Å². The lowest BCUT2D eigenvalue weighted by molar-refractivity contribution is 0.623. The second kappa shape index (κ2) is 4.89. The molecule has 5 heteroatoms. The van der Waals surface area contributed by atoms with Crippen LogP contribution in [0.1, 0.15) is 34.7 Å². The predicted octanol–water partition coefficient (Wildman–Crippen LogP) is 2.60. The number of nitrogens with two attached hydrogens (primary N) is 1. The first-order valence-corrected chi connectivity index (χ1v) is 6.23. The zero-order chi connectivity index (χ0) is 12.4. The highest BCUT2D eigenvalue weighted by atomic mass is 32.1. The maximum atomic E-state index is 13.2. The molecule has 2 N–H and O–H groups in total. The van der Waals surface area contributed by atoms with Gasteiger partial charge in [0.1, 0.15) is 5.82 Å². The lowest BCUT2D eigenvalue weighted by Crippen LogP contribution is -2.14. The predicted molar refractivity (Wildman–Crippen MR) is 66.5 cm³/mol. The molecule has 1 unspecified atom stereocenters. The minimum absolute atomic E-state index is 0.267. The van der Waals surface area contributed by atoms with Crippen LogP contribution in [0.3, 0.4) is 0 Å². The van der Waals surface area contributed by atoms with E-state index < -0.39 is 0 Å². The van der Waals surface area contributed by atoms with Gasteiger partial charge in [0, 0.05) is 0 Å². The Morgan fingerprint density at radius 2 is 2.24 bits per heavy atom. The summed E-state index contributed by atoms with van der Waals surface area (Å²) in [4.78, 5) is 0.918. The lowest BCUT2D eigenvalue weighted by atomic mass is 9.99. The Kier molecular flexibility index (Phi) is 3.49. The van der Waals surface area contributed by atoms with Crippen LogP contribution in [0.5, 0.6) is 0 Å². The van der Waals surface area contributed by atoms with Crippen molar-refractivity contribution in [2.24, 2.45) is 5.73 Å². The number of aryl methyl sites for hydroxylation is 2. The average molecular weight is 251 g/mol. The summed E-state index contributed by atoms with van der Waals surface area (Å²) in [5.41, 5.74) is 8.84. The largest absolute Gasteiger partial charge is 0.319 e. The van der Waals surface area contributed by atoms with Gasteiger partial charge in [-0.15, -0.1) is 5.10 Å². The molecule has 1 heterocycles. The summed E-state index contributed by atoms with van der Waals surface area (Å²) in [6.07, 6.45) is 0.786. The van der Waals surface area contributed by atoms with Gasteiger partial charge in [-0.3, -0.25) is 0 Å². The monoisotopic (exact) mass is 251 g/mol. The quantitative estimate of drug-likeness (QED) is 0.912. The van der Waals surface area contributed by atoms with Crippen molar-refractivity contribution in [1.82, 2.24) is 9.59 Å². The van der Waals surface area contributed by atoms with E-state index in [0.717, 1.165) is 28.1 Å². The van der Waals surface area contributed by atoms with Crippen molar-refractivity contribution >= 4 is 11.5 Å². The molecule has 1 aromatic carbocycles. The first-order valence-electron chi connectivity index (χ1n) is 5.46. The van der Waals surface area contributed by atoms with E-state index in [2.05, 4.69) is 9.59 Å². The zero-order valence-electron chi connectivity index (χ0n) is 9.77. The van der Waals surface area contributed by atoms with Crippen molar-refractivity contribution in [3.05, 3.63) is 45.7 Å². The highest BCUT2D eigenvalue weighted by Gasteiger charge is 2.18. The molecule has 0 radical (unpaired) electrons. The topological polar surface area (TPSA) is 51.8 Å². The van der Waals surface area contributed by atoms with E-state index >= 15 is 0 Å². The summed E-state index contributed by atoms with van der Waals surface area (Å²) >= 11 is 1.28. The maximum Gasteiger partial charge on any atom is 0.123 e. The highest BCUT2D eigenvalue weighted by molar-refractivity contribution is 7.05. The summed E-state index contributed by atoms with van der Waals surface area (Å²) in [6.45, 7) is 3.93. The summed E-state index contributed by atoms with van der Waals surface area (Å²) in [5, 5.41) is 4.03. The minimum atomic E-state index is -0.347. The molecule has 2 aromatic rings. The summed E-state index contributed by atoms with van der Waals surface area (Å²) < 4.78 is 17.2. The average Bonchev–Trinajstić information content (AvgIpc) is 2.79. The third-order valence-corrected chi connectivity index (χ3v) is 3.63. The minimum Gasteiger partial charge on any atom is -0.319 e. The molecule has 3 nitrogen and oxygen atoms in total. The van der Waals surface area contributed by atoms with E-state index in [9.17, 15) is 4.39 Å². The van der Waals surface area contributed by atoms with Crippen molar-refractivity contribution in [2.45, 2.75) is 26.3 Å². The Morgan fingerprint density at radius 3 is 2.94 bits per heavy atom. The smallest absolute Gasteiger partial charge is 0.123 e. The van der Waals surface area contributed by atoms with Gasteiger partial charge in [-0.05, 0) is 48.1 Å². The summed E-state index contributed by atoms with van der Waals surface area (Å²) in [6, 6.07) is 4.32. The molecule has 0 amide bonds. The fraction of sp³-hybridized carbons (Fsp3) is 0.333. The van der Waals surface area contributed by atoms with Gasteiger partial charge in [-0.25, -0.2) is 4.39 Å². The Balaban J connectivity index is 2.43. The molecule has 0 bridgehead atoms. The molecule has 2 rings (SSSR count). The highest BCUT2D eigenvalue weighted by Crippen LogP contribution is 2.27. The SMILES string of the molecule is CCc1nnsc1C(N)c1cc(F)ccc1C. The van der Waals surface area contributed by atoms with Crippen LogP contribution in [0.15, 0.2) is 18.2 Å². The standard InChI is InChI=1S/C12H14FN3S/c1-3-10-12(17-16-15-10)11(14)9-6-8(13)5-4-7(9)2/h4-6,11H,3,14H2,1-2H3. The fourth-order valence-electron chi connectivity index (χ4n) is 1.78. The molecule has 0 aliphatic heterocycles.